The predicted octanol–water partition coefficient (Wildman–Crippen LogP) is 2.71. The van der Waals surface area contributed by atoms with Gasteiger partial charge in [0.25, 0.3) is 0 Å². The lowest BCUT2D eigenvalue weighted by Crippen LogP contribution is -2.13. The Hall–Kier alpha value is -1.62. The first-order valence-electron chi connectivity index (χ1n) is 6.41. The maximum Gasteiger partial charge on any atom is 0.411 e. The van der Waals surface area contributed by atoms with E-state index >= 15 is 0 Å². The molecule has 1 atom stereocenters. The maximum atomic E-state index is 13.5. The van der Waals surface area contributed by atoms with E-state index in [4.69, 9.17) is 0 Å². The van der Waals surface area contributed by atoms with Crippen LogP contribution in [-0.4, -0.2) is 24.4 Å². The number of hydrogen-bond donors (Lipinski definition) is 2. The van der Waals surface area contributed by atoms with E-state index in [1.54, 1.807) is 12.1 Å². The first-order chi connectivity index (χ1) is 9.10. The lowest BCUT2D eigenvalue weighted by atomic mass is 10.0. The van der Waals surface area contributed by atoms with E-state index in [1.165, 1.54) is 13.2 Å². The molecule has 1 saturated carbocycles. The van der Waals surface area contributed by atoms with E-state index in [0.717, 1.165) is 18.4 Å². The maximum absolute atomic E-state index is 13.5. The standard InChI is InChI=1S/C14H18FNO3/c1-19-14(18)16-12-8-9(2-6-11(12)15)3-7-13(17)10-4-5-10/h2,6,8,10,13,17H,3-5,7H2,1H3,(H,16,18). The lowest BCUT2D eigenvalue weighted by Gasteiger charge is -2.10. The van der Waals surface area contributed by atoms with Crippen molar-refractivity contribution in [3.63, 3.8) is 0 Å². The molecule has 1 aromatic carbocycles. The van der Waals surface area contributed by atoms with Gasteiger partial charge in [-0.15, -0.1) is 0 Å². The van der Waals surface area contributed by atoms with Crippen LogP contribution in [-0.2, 0) is 11.2 Å². The Labute approximate surface area is 111 Å². The SMILES string of the molecule is COC(=O)Nc1cc(CCC(O)C2CC2)ccc1F. The van der Waals surface area contributed by atoms with Gasteiger partial charge in [0.1, 0.15) is 5.82 Å². The average Bonchev–Trinajstić information content (AvgIpc) is 3.23. The minimum atomic E-state index is -0.700. The number of anilines is 1. The topological polar surface area (TPSA) is 58.6 Å². The highest BCUT2D eigenvalue weighted by Gasteiger charge is 2.29. The van der Waals surface area contributed by atoms with Gasteiger partial charge in [-0.25, -0.2) is 9.18 Å². The van der Waals surface area contributed by atoms with E-state index in [0.29, 0.717) is 18.8 Å². The molecule has 0 aromatic heterocycles. The molecule has 1 amide bonds. The lowest BCUT2D eigenvalue weighted by molar-refractivity contribution is 0.142. The van der Waals surface area contributed by atoms with Crippen LogP contribution >= 0.6 is 0 Å². The number of halogens is 1. The number of carbonyl (C=O) groups is 1. The average molecular weight is 267 g/mol. The van der Waals surface area contributed by atoms with Crippen molar-refractivity contribution in [2.24, 2.45) is 5.92 Å². The van der Waals surface area contributed by atoms with Gasteiger partial charge >= 0.3 is 6.09 Å². The number of aryl methyl sites for hydroxylation is 1. The molecule has 104 valence electrons. The fourth-order valence-corrected chi connectivity index (χ4v) is 2.02. The zero-order valence-electron chi connectivity index (χ0n) is 10.9. The van der Waals surface area contributed by atoms with Gasteiger partial charge in [0.2, 0.25) is 0 Å². The number of rotatable bonds is 5. The molecule has 19 heavy (non-hydrogen) atoms. The van der Waals surface area contributed by atoms with Gasteiger partial charge in [-0.3, -0.25) is 5.32 Å². The minimum absolute atomic E-state index is 0.102. The highest BCUT2D eigenvalue weighted by atomic mass is 19.1. The summed E-state index contributed by atoms with van der Waals surface area (Å²) in [6, 6.07) is 4.55. The second-order valence-corrected chi connectivity index (χ2v) is 4.87. The summed E-state index contributed by atoms with van der Waals surface area (Å²) in [7, 11) is 1.23. The number of aliphatic hydroxyl groups excluding tert-OH is 1. The molecule has 2 N–H and O–H groups in total. The number of hydrogen-bond acceptors (Lipinski definition) is 3. The van der Waals surface area contributed by atoms with E-state index in [2.05, 4.69) is 10.1 Å². The van der Waals surface area contributed by atoms with Crippen molar-refractivity contribution in [1.82, 2.24) is 0 Å². The van der Waals surface area contributed by atoms with Crippen molar-refractivity contribution in [2.75, 3.05) is 12.4 Å². The second-order valence-electron chi connectivity index (χ2n) is 4.87. The van der Waals surface area contributed by atoms with Crippen molar-refractivity contribution in [2.45, 2.75) is 31.8 Å². The number of carbonyl (C=O) groups excluding carboxylic acids is 1. The minimum Gasteiger partial charge on any atom is -0.453 e. The third kappa shape index (κ3) is 3.92. The molecular weight excluding hydrogens is 249 g/mol. The molecule has 2 rings (SSSR count). The molecule has 0 aliphatic heterocycles. The van der Waals surface area contributed by atoms with E-state index in [-0.39, 0.29) is 11.8 Å². The van der Waals surface area contributed by atoms with Crippen molar-refractivity contribution in [3.8, 4) is 0 Å². The Morgan fingerprint density at radius 2 is 2.32 bits per heavy atom. The Morgan fingerprint density at radius 1 is 1.58 bits per heavy atom. The second kappa shape index (κ2) is 6.02. The van der Waals surface area contributed by atoms with Crippen LogP contribution in [0.25, 0.3) is 0 Å². The summed E-state index contributed by atoms with van der Waals surface area (Å²) in [5.74, 6) is -0.0648. The number of benzene rings is 1. The highest BCUT2D eigenvalue weighted by Crippen LogP contribution is 2.34. The third-order valence-corrected chi connectivity index (χ3v) is 3.35. The number of amides is 1. The van der Waals surface area contributed by atoms with Crippen LogP contribution in [0.5, 0.6) is 0 Å². The molecule has 1 aliphatic carbocycles. The van der Waals surface area contributed by atoms with Gasteiger partial charge in [-0.1, -0.05) is 6.07 Å². The monoisotopic (exact) mass is 267 g/mol. The molecule has 0 saturated heterocycles. The van der Waals surface area contributed by atoms with Gasteiger partial charge in [-0.2, -0.15) is 0 Å². The van der Waals surface area contributed by atoms with Gasteiger partial charge in [0, 0.05) is 0 Å². The fraction of sp³-hybridized carbons (Fsp3) is 0.500. The summed E-state index contributed by atoms with van der Waals surface area (Å²) >= 11 is 0. The summed E-state index contributed by atoms with van der Waals surface area (Å²) in [4.78, 5) is 11.1. The Morgan fingerprint density at radius 3 is 2.95 bits per heavy atom. The van der Waals surface area contributed by atoms with Crippen LogP contribution in [0.4, 0.5) is 14.9 Å². The number of methoxy groups -OCH3 is 1. The molecule has 1 fully saturated rings. The normalized spacial score (nSPS) is 15.9. The van der Waals surface area contributed by atoms with E-state index in [1.807, 2.05) is 0 Å². The number of nitrogens with one attached hydrogen (secondary N) is 1. The van der Waals surface area contributed by atoms with E-state index < -0.39 is 11.9 Å². The van der Waals surface area contributed by atoms with Crippen LogP contribution in [0.3, 0.4) is 0 Å². The molecule has 5 heteroatoms. The summed E-state index contributed by atoms with van der Waals surface area (Å²) < 4.78 is 17.9. The summed E-state index contributed by atoms with van der Waals surface area (Å²) in [6.07, 6.45) is 2.54. The fourth-order valence-electron chi connectivity index (χ4n) is 2.02. The van der Waals surface area contributed by atoms with Gasteiger partial charge in [-0.05, 0) is 49.3 Å². The molecular formula is C14H18FNO3. The summed E-state index contributed by atoms with van der Waals surface area (Å²) in [6.45, 7) is 0. The van der Waals surface area contributed by atoms with Crippen molar-refractivity contribution < 1.29 is 19.0 Å². The van der Waals surface area contributed by atoms with Crippen LogP contribution in [0, 0.1) is 11.7 Å². The highest BCUT2D eigenvalue weighted by molar-refractivity contribution is 5.84. The number of ether oxygens (including phenoxy) is 1. The summed E-state index contributed by atoms with van der Waals surface area (Å²) in [5.41, 5.74) is 0.984. The van der Waals surface area contributed by atoms with E-state index in [9.17, 15) is 14.3 Å². The smallest absolute Gasteiger partial charge is 0.411 e. The molecule has 4 nitrogen and oxygen atoms in total. The van der Waals surface area contributed by atoms with Crippen molar-refractivity contribution in [1.29, 1.82) is 0 Å². The molecule has 1 unspecified atom stereocenters. The molecule has 1 aliphatic rings. The Bertz CT molecular complexity index is 460. The van der Waals surface area contributed by atoms with Crippen LogP contribution < -0.4 is 5.32 Å². The predicted molar refractivity (Wildman–Crippen MR) is 69.5 cm³/mol. The zero-order chi connectivity index (χ0) is 13.8. The van der Waals surface area contributed by atoms with Gasteiger partial charge in [0.05, 0.1) is 18.9 Å². The quantitative estimate of drug-likeness (QED) is 0.862. The van der Waals surface area contributed by atoms with Crippen LogP contribution in [0.2, 0.25) is 0 Å². The molecule has 0 spiro atoms. The van der Waals surface area contributed by atoms with Gasteiger partial charge in [0.15, 0.2) is 0 Å². The molecule has 0 bridgehead atoms. The molecule has 1 aromatic rings. The Balaban J connectivity index is 1.96. The molecule has 0 radical (unpaired) electrons. The van der Waals surface area contributed by atoms with Crippen molar-refractivity contribution >= 4 is 11.8 Å². The van der Waals surface area contributed by atoms with Crippen LogP contribution in [0.1, 0.15) is 24.8 Å². The third-order valence-electron chi connectivity index (χ3n) is 3.35. The first-order valence-corrected chi connectivity index (χ1v) is 6.41. The zero-order valence-corrected chi connectivity index (χ0v) is 10.9. The summed E-state index contributed by atoms with van der Waals surface area (Å²) in [5, 5.41) is 12.1. The van der Waals surface area contributed by atoms with Crippen LogP contribution in [0.15, 0.2) is 18.2 Å². The van der Waals surface area contributed by atoms with Crippen molar-refractivity contribution in [3.05, 3.63) is 29.6 Å². The largest absolute Gasteiger partial charge is 0.453 e. The first kappa shape index (κ1) is 13.8. The Kier molecular flexibility index (Phi) is 4.37. The van der Waals surface area contributed by atoms with Gasteiger partial charge < -0.3 is 9.84 Å². The molecule has 0 heterocycles. The number of aliphatic hydroxyl groups is 1.